The average molecular weight is 392 g/mol. The average Bonchev–Trinajstić information content (AvgIpc) is 3.30. The third-order valence-electron chi connectivity index (χ3n) is 3.30. The molecule has 0 saturated carbocycles. The first-order valence-electron chi connectivity index (χ1n) is 7.60. The van der Waals surface area contributed by atoms with Crippen LogP contribution in [0.15, 0.2) is 33.3 Å². The van der Waals surface area contributed by atoms with Crippen molar-refractivity contribution >= 4 is 40.8 Å². The van der Waals surface area contributed by atoms with Crippen LogP contribution in [0.25, 0.3) is 10.7 Å². The molecule has 0 aliphatic heterocycles. The zero-order valence-corrected chi connectivity index (χ0v) is 15.6. The molecule has 11 heteroatoms. The van der Waals surface area contributed by atoms with Gasteiger partial charge in [0.1, 0.15) is 6.54 Å². The van der Waals surface area contributed by atoms with Crippen LogP contribution in [0.3, 0.4) is 0 Å². The van der Waals surface area contributed by atoms with Crippen molar-refractivity contribution < 1.29 is 14.1 Å². The first kappa shape index (κ1) is 18.1. The Bertz CT molecular complexity index is 918. The molecule has 0 saturated heterocycles. The van der Waals surface area contributed by atoms with Gasteiger partial charge < -0.3 is 10.3 Å². The molecule has 3 N–H and O–H groups in total. The number of thioether (sulfide) groups is 1. The summed E-state index contributed by atoms with van der Waals surface area (Å²) in [5.41, 5.74) is 6.02. The molecule has 1 atom stereocenters. The highest BCUT2D eigenvalue weighted by Crippen LogP contribution is 2.29. The van der Waals surface area contributed by atoms with E-state index in [1.165, 1.54) is 23.1 Å². The van der Waals surface area contributed by atoms with E-state index in [0.717, 1.165) is 4.88 Å². The van der Waals surface area contributed by atoms with Crippen LogP contribution < -0.4 is 11.1 Å². The predicted octanol–water partition coefficient (Wildman–Crippen LogP) is 1.91. The van der Waals surface area contributed by atoms with Gasteiger partial charge in [0.15, 0.2) is 11.0 Å². The maximum atomic E-state index is 12.3. The fourth-order valence-electron chi connectivity index (χ4n) is 2.12. The Kier molecular flexibility index (Phi) is 5.38. The van der Waals surface area contributed by atoms with Crippen LogP contribution in [-0.2, 0) is 16.1 Å². The predicted molar refractivity (Wildman–Crippen MR) is 97.7 cm³/mol. The van der Waals surface area contributed by atoms with Gasteiger partial charge in [-0.2, -0.15) is 0 Å². The van der Waals surface area contributed by atoms with Crippen LogP contribution in [-0.4, -0.2) is 37.0 Å². The van der Waals surface area contributed by atoms with Crippen LogP contribution in [0, 0.1) is 6.92 Å². The normalized spacial score (nSPS) is 12.1. The number of nitrogens with one attached hydrogen (secondary N) is 1. The van der Waals surface area contributed by atoms with Gasteiger partial charge in [0.25, 0.3) is 0 Å². The summed E-state index contributed by atoms with van der Waals surface area (Å²) in [5.74, 6) is 0.0220. The lowest BCUT2D eigenvalue weighted by Crippen LogP contribution is -2.24. The van der Waals surface area contributed by atoms with Crippen LogP contribution in [0.2, 0.25) is 0 Å². The second kappa shape index (κ2) is 7.70. The van der Waals surface area contributed by atoms with Gasteiger partial charge in [-0.05, 0) is 25.3 Å². The fraction of sp³-hybridized carbons (Fsp3) is 0.267. The van der Waals surface area contributed by atoms with Gasteiger partial charge >= 0.3 is 0 Å². The molecule has 26 heavy (non-hydrogen) atoms. The SMILES string of the molecule is Cc1cc(NC(=O)C(C)Sc2nnc(-c3cccs3)n2CC(N)=O)on1. The van der Waals surface area contributed by atoms with Crippen LogP contribution in [0.4, 0.5) is 5.88 Å². The lowest BCUT2D eigenvalue weighted by Gasteiger charge is -2.11. The summed E-state index contributed by atoms with van der Waals surface area (Å²) in [4.78, 5) is 24.6. The van der Waals surface area contributed by atoms with E-state index in [4.69, 9.17) is 10.3 Å². The molecule has 0 fully saturated rings. The highest BCUT2D eigenvalue weighted by molar-refractivity contribution is 8.00. The number of primary amides is 1. The van der Waals surface area contributed by atoms with Gasteiger partial charge in [-0.25, -0.2) is 0 Å². The fourth-order valence-corrected chi connectivity index (χ4v) is 3.69. The largest absolute Gasteiger partial charge is 0.368 e. The van der Waals surface area contributed by atoms with Gasteiger partial charge in [0.05, 0.1) is 15.8 Å². The Morgan fingerprint density at radius 1 is 1.46 bits per heavy atom. The number of nitrogens with zero attached hydrogens (tertiary/aromatic N) is 4. The van der Waals surface area contributed by atoms with Crippen molar-refractivity contribution in [3.05, 3.63) is 29.3 Å². The highest BCUT2D eigenvalue weighted by atomic mass is 32.2. The Morgan fingerprint density at radius 2 is 2.27 bits per heavy atom. The van der Waals surface area contributed by atoms with Crippen LogP contribution in [0.5, 0.6) is 0 Å². The highest BCUT2D eigenvalue weighted by Gasteiger charge is 2.22. The molecule has 3 aromatic rings. The Labute approximate surface area is 157 Å². The number of hydrogen-bond acceptors (Lipinski definition) is 8. The summed E-state index contributed by atoms with van der Waals surface area (Å²) in [5, 5.41) is 16.5. The van der Waals surface area contributed by atoms with E-state index in [-0.39, 0.29) is 18.3 Å². The topological polar surface area (TPSA) is 129 Å². The summed E-state index contributed by atoms with van der Waals surface area (Å²) < 4.78 is 6.59. The number of anilines is 1. The molecule has 3 aromatic heterocycles. The van der Waals surface area contributed by atoms with Crippen molar-refractivity contribution in [3.63, 3.8) is 0 Å². The second-order valence-electron chi connectivity index (χ2n) is 5.42. The quantitative estimate of drug-likeness (QED) is 0.588. The van der Waals surface area contributed by atoms with Crippen molar-refractivity contribution in [3.8, 4) is 10.7 Å². The second-order valence-corrected chi connectivity index (χ2v) is 7.67. The number of amides is 2. The minimum Gasteiger partial charge on any atom is -0.368 e. The molecular weight excluding hydrogens is 376 g/mol. The number of nitrogens with two attached hydrogens (primary N) is 1. The van der Waals surface area contributed by atoms with E-state index < -0.39 is 11.2 Å². The molecule has 0 radical (unpaired) electrons. The Balaban J connectivity index is 1.77. The van der Waals surface area contributed by atoms with Crippen molar-refractivity contribution in [2.24, 2.45) is 5.73 Å². The molecule has 2 amide bonds. The van der Waals surface area contributed by atoms with Crippen molar-refractivity contribution in [2.45, 2.75) is 30.8 Å². The minimum absolute atomic E-state index is 0.0712. The Morgan fingerprint density at radius 3 is 2.88 bits per heavy atom. The smallest absolute Gasteiger partial charge is 0.240 e. The van der Waals surface area contributed by atoms with Crippen molar-refractivity contribution in [1.29, 1.82) is 0 Å². The summed E-state index contributed by atoms with van der Waals surface area (Å²) in [7, 11) is 0. The van der Waals surface area contributed by atoms with Crippen molar-refractivity contribution in [2.75, 3.05) is 5.32 Å². The number of thiophene rings is 1. The molecular formula is C15H16N6O3S2. The first-order chi connectivity index (χ1) is 12.4. The third-order valence-corrected chi connectivity index (χ3v) is 5.24. The van der Waals surface area contributed by atoms with Gasteiger partial charge in [0.2, 0.25) is 17.7 Å². The first-order valence-corrected chi connectivity index (χ1v) is 9.36. The van der Waals surface area contributed by atoms with E-state index in [0.29, 0.717) is 16.7 Å². The third kappa shape index (κ3) is 4.11. The van der Waals surface area contributed by atoms with Gasteiger partial charge in [-0.1, -0.05) is 23.0 Å². The summed E-state index contributed by atoms with van der Waals surface area (Å²) in [6.07, 6.45) is 0. The van der Waals surface area contributed by atoms with Gasteiger partial charge in [-0.3, -0.25) is 19.5 Å². The lowest BCUT2D eigenvalue weighted by atomic mass is 10.4. The van der Waals surface area contributed by atoms with E-state index in [9.17, 15) is 9.59 Å². The van der Waals surface area contributed by atoms with Gasteiger partial charge in [0, 0.05) is 6.07 Å². The molecule has 1 unspecified atom stereocenters. The molecule has 9 nitrogen and oxygen atoms in total. The van der Waals surface area contributed by atoms with E-state index in [1.54, 1.807) is 24.5 Å². The van der Waals surface area contributed by atoms with Gasteiger partial charge in [-0.15, -0.1) is 21.5 Å². The zero-order chi connectivity index (χ0) is 18.7. The van der Waals surface area contributed by atoms with Crippen molar-refractivity contribution in [1.82, 2.24) is 19.9 Å². The monoisotopic (exact) mass is 392 g/mol. The molecule has 3 rings (SSSR count). The maximum Gasteiger partial charge on any atom is 0.240 e. The molecule has 0 spiro atoms. The molecule has 0 aliphatic carbocycles. The standard InChI is InChI=1S/C15H16N6O3S2/c1-8-6-12(24-20-8)17-14(23)9(2)26-15-19-18-13(10-4-3-5-25-10)21(15)7-11(16)22/h3-6,9H,7H2,1-2H3,(H2,16,22)(H,17,23). The number of rotatable bonds is 7. The Hall–Kier alpha value is -2.66. The van der Waals surface area contributed by atoms with Crippen LogP contribution in [0.1, 0.15) is 12.6 Å². The summed E-state index contributed by atoms with van der Waals surface area (Å²) >= 11 is 2.65. The number of aromatic nitrogens is 4. The van der Waals surface area contributed by atoms with E-state index in [2.05, 4.69) is 20.7 Å². The molecule has 3 heterocycles. The molecule has 0 aliphatic rings. The zero-order valence-electron chi connectivity index (χ0n) is 14.0. The molecule has 0 bridgehead atoms. The van der Waals surface area contributed by atoms with E-state index in [1.807, 2.05) is 17.5 Å². The lowest BCUT2D eigenvalue weighted by molar-refractivity contribution is -0.118. The number of carbonyl (C=O) groups excluding carboxylic acids is 2. The van der Waals surface area contributed by atoms with Crippen LogP contribution >= 0.6 is 23.1 Å². The van der Waals surface area contributed by atoms with E-state index >= 15 is 0 Å². The summed E-state index contributed by atoms with van der Waals surface area (Å²) in [6.45, 7) is 3.41. The number of hydrogen-bond donors (Lipinski definition) is 2. The summed E-state index contributed by atoms with van der Waals surface area (Å²) in [6, 6.07) is 5.38. The maximum absolute atomic E-state index is 12.3. The number of carbonyl (C=O) groups is 2. The molecule has 136 valence electrons. The molecule has 0 aromatic carbocycles. The minimum atomic E-state index is -0.515. The number of aryl methyl sites for hydroxylation is 1.